The minimum atomic E-state index is -0.177. The summed E-state index contributed by atoms with van der Waals surface area (Å²) in [5, 5.41) is 0. The molecule has 2 fully saturated rings. The molecule has 0 N–H and O–H groups in total. The van der Waals surface area contributed by atoms with E-state index in [2.05, 4.69) is 0 Å². The molecule has 0 aromatic heterocycles. The molecule has 120 valence electrons. The van der Waals surface area contributed by atoms with E-state index >= 15 is 0 Å². The Balaban J connectivity index is 1.83. The van der Waals surface area contributed by atoms with E-state index in [0.717, 1.165) is 12.8 Å². The summed E-state index contributed by atoms with van der Waals surface area (Å²) in [5.74, 6) is 2.10. The van der Waals surface area contributed by atoms with Crippen LogP contribution >= 0.6 is 0 Å². The Hall–Kier alpha value is -1.06. The molecule has 0 aliphatic heterocycles. The number of carbonyl (C=O) groups is 2. The highest BCUT2D eigenvalue weighted by Gasteiger charge is 2.37. The van der Waals surface area contributed by atoms with Gasteiger partial charge in [0.1, 0.15) is 0 Å². The van der Waals surface area contributed by atoms with E-state index in [-0.39, 0.29) is 11.9 Å². The van der Waals surface area contributed by atoms with Gasteiger partial charge in [-0.05, 0) is 55.8 Å². The number of rotatable bonds is 5. The van der Waals surface area contributed by atoms with Crippen LogP contribution in [-0.4, -0.2) is 25.2 Å². The van der Waals surface area contributed by atoms with E-state index in [0.29, 0.717) is 36.9 Å². The molecule has 2 aliphatic rings. The summed E-state index contributed by atoms with van der Waals surface area (Å²) in [4.78, 5) is 22.0. The zero-order valence-corrected chi connectivity index (χ0v) is 13.3. The second kappa shape index (κ2) is 7.81. The lowest BCUT2D eigenvalue weighted by Crippen LogP contribution is -2.30. The fourth-order valence-corrected chi connectivity index (χ4v) is 4.18. The van der Waals surface area contributed by atoms with Crippen LogP contribution in [0, 0.1) is 23.7 Å². The predicted molar refractivity (Wildman–Crippen MR) is 79.5 cm³/mol. The van der Waals surface area contributed by atoms with Gasteiger partial charge in [0.15, 0.2) is 0 Å². The van der Waals surface area contributed by atoms with Crippen molar-refractivity contribution >= 4 is 11.9 Å². The number of carbonyl (C=O) groups excluding carboxylic acids is 2. The molecule has 0 spiro atoms. The van der Waals surface area contributed by atoms with Crippen LogP contribution in [0.2, 0.25) is 0 Å². The Morgan fingerprint density at radius 2 is 1.57 bits per heavy atom. The number of esters is 2. The third kappa shape index (κ3) is 5.01. The summed E-state index contributed by atoms with van der Waals surface area (Å²) in [7, 11) is 0. The van der Waals surface area contributed by atoms with E-state index in [1.54, 1.807) is 0 Å². The van der Waals surface area contributed by atoms with Crippen molar-refractivity contribution in [2.75, 3.05) is 13.2 Å². The molecule has 0 saturated heterocycles. The summed E-state index contributed by atoms with van der Waals surface area (Å²) in [6, 6.07) is 0. The first kappa shape index (κ1) is 16.3. The monoisotopic (exact) mass is 296 g/mol. The molecule has 21 heavy (non-hydrogen) atoms. The average molecular weight is 296 g/mol. The third-order valence-electron chi connectivity index (χ3n) is 5.18. The van der Waals surface area contributed by atoms with Crippen molar-refractivity contribution in [1.29, 1.82) is 0 Å². The van der Waals surface area contributed by atoms with Gasteiger partial charge in [0.25, 0.3) is 0 Å². The second-order valence-corrected chi connectivity index (χ2v) is 6.75. The van der Waals surface area contributed by atoms with E-state index in [4.69, 9.17) is 9.47 Å². The molecule has 4 heteroatoms. The van der Waals surface area contributed by atoms with Gasteiger partial charge in [-0.1, -0.05) is 12.8 Å². The summed E-state index contributed by atoms with van der Waals surface area (Å²) >= 11 is 0. The van der Waals surface area contributed by atoms with Crippen LogP contribution in [0.4, 0.5) is 0 Å². The predicted octanol–water partition coefficient (Wildman–Crippen LogP) is 3.34. The molecular weight excluding hydrogens is 268 g/mol. The normalized spacial score (nSPS) is 32.7. The quantitative estimate of drug-likeness (QED) is 0.730. The van der Waals surface area contributed by atoms with E-state index < -0.39 is 0 Å². The summed E-state index contributed by atoms with van der Waals surface area (Å²) in [6.07, 6.45) is 8.55. The zero-order valence-electron chi connectivity index (χ0n) is 13.3. The highest BCUT2D eigenvalue weighted by Crippen LogP contribution is 2.44. The SMILES string of the molecule is CC(=O)OCC1CCC(C2CCCCC2COC(C)=O)C1. The summed E-state index contributed by atoms with van der Waals surface area (Å²) in [6.45, 7) is 4.13. The van der Waals surface area contributed by atoms with E-state index in [1.807, 2.05) is 0 Å². The van der Waals surface area contributed by atoms with Crippen LogP contribution in [0.5, 0.6) is 0 Å². The lowest BCUT2D eigenvalue weighted by molar-refractivity contribution is -0.143. The van der Waals surface area contributed by atoms with Crippen molar-refractivity contribution in [3.8, 4) is 0 Å². The van der Waals surface area contributed by atoms with Gasteiger partial charge < -0.3 is 9.47 Å². The Bertz CT molecular complexity index is 366. The van der Waals surface area contributed by atoms with E-state index in [9.17, 15) is 9.59 Å². The number of hydrogen-bond donors (Lipinski definition) is 0. The first-order valence-corrected chi connectivity index (χ1v) is 8.33. The fourth-order valence-electron chi connectivity index (χ4n) is 4.18. The Morgan fingerprint density at radius 3 is 2.29 bits per heavy atom. The summed E-state index contributed by atoms with van der Waals surface area (Å²) < 4.78 is 10.4. The molecule has 4 nitrogen and oxygen atoms in total. The fraction of sp³-hybridized carbons (Fsp3) is 0.882. The Kier molecular flexibility index (Phi) is 6.07. The molecule has 0 radical (unpaired) electrons. The maximum Gasteiger partial charge on any atom is 0.302 e. The molecule has 4 atom stereocenters. The van der Waals surface area contributed by atoms with Crippen molar-refractivity contribution in [2.45, 2.75) is 58.8 Å². The molecule has 0 aromatic carbocycles. The first-order chi connectivity index (χ1) is 10.1. The van der Waals surface area contributed by atoms with E-state index in [1.165, 1.54) is 46.0 Å². The van der Waals surface area contributed by atoms with Gasteiger partial charge in [0.2, 0.25) is 0 Å². The van der Waals surface area contributed by atoms with Gasteiger partial charge in [0, 0.05) is 13.8 Å². The number of ether oxygens (including phenoxy) is 2. The lowest BCUT2D eigenvalue weighted by atomic mass is 9.72. The van der Waals surface area contributed by atoms with Crippen LogP contribution < -0.4 is 0 Å². The molecule has 0 heterocycles. The van der Waals surface area contributed by atoms with Gasteiger partial charge in [0.05, 0.1) is 13.2 Å². The highest BCUT2D eigenvalue weighted by atomic mass is 16.5. The molecule has 0 aromatic rings. The zero-order chi connectivity index (χ0) is 15.2. The largest absolute Gasteiger partial charge is 0.466 e. The summed E-state index contributed by atoms with van der Waals surface area (Å²) in [5.41, 5.74) is 0. The maximum atomic E-state index is 11.0. The van der Waals surface area contributed by atoms with Crippen LogP contribution in [0.25, 0.3) is 0 Å². The van der Waals surface area contributed by atoms with Gasteiger partial charge >= 0.3 is 11.9 Å². The topological polar surface area (TPSA) is 52.6 Å². The van der Waals surface area contributed by atoms with Crippen molar-refractivity contribution in [2.24, 2.45) is 23.7 Å². The van der Waals surface area contributed by atoms with Crippen molar-refractivity contribution in [3.05, 3.63) is 0 Å². The smallest absolute Gasteiger partial charge is 0.302 e. The molecule has 0 bridgehead atoms. The molecular formula is C17H28O4. The van der Waals surface area contributed by atoms with Crippen molar-refractivity contribution < 1.29 is 19.1 Å². The Labute approximate surface area is 127 Å². The average Bonchev–Trinajstić information content (AvgIpc) is 2.92. The first-order valence-electron chi connectivity index (χ1n) is 8.33. The van der Waals surface area contributed by atoms with Crippen LogP contribution in [0.15, 0.2) is 0 Å². The highest BCUT2D eigenvalue weighted by molar-refractivity contribution is 5.66. The van der Waals surface area contributed by atoms with Crippen LogP contribution in [0.1, 0.15) is 58.8 Å². The minimum Gasteiger partial charge on any atom is -0.466 e. The molecule has 2 aliphatic carbocycles. The molecule has 0 amide bonds. The van der Waals surface area contributed by atoms with Crippen molar-refractivity contribution in [3.63, 3.8) is 0 Å². The number of hydrogen-bond acceptors (Lipinski definition) is 4. The van der Waals surface area contributed by atoms with Crippen LogP contribution in [0.3, 0.4) is 0 Å². The third-order valence-corrected chi connectivity index (χ3v) is 5.18. The minimum absolute atomic E-state index is 0.168. The lowest BCUT2D eigenvalue weighted by Gasteiger charge is -2.35. The van der Waals surface area contributed by atoms with Crippen molar-refractivity contribution in [1.82, 2.24) is 0 Å². The molecule has 2 saturated carbocycles. The Morgan fingerprint density at radius 1 is 0.905 bits per heavy atom. The van der Waals surface area contributed by atoms with Gasteiger partial charge in [-0.25, -0.2) is 0 Å². The second-order valence-electron chi connectivity index (χ2n) is 6.75. The maximum absolute atomic E-state index is 11.0. The van der Waals surface area contributed by atoms with Crippen LogP contribution in [-0.2, 0) is 19.1 Å². The van der Waals surface area contributed by atoms with Gasteiger partial charge in [-0.3, -0.25) is 9.59 Å². The molecule has 2 rings (SSSR count). The standard InChI is InChI=1S/C17H28O4/c1-12(18)20-10-14-7-8-15(9-14)17-6-4-3-5-16(17)11-21-13(2)19/h14-17H,3-11H2,1-2H3. The molecule has 4 unspecified atom stereocenters. The van der Waals surface area contributed by atoms with Gasteiger partial charge in [-0.15, -0.1) is 0 Å². The van der Waals surface area contributed by atoms with Gasteiger partial charge in [-0.2, -0.15) is 0 Å².